The van der Waals surface area contributed by atoms with E-state index in [2.05, 4.69) is 19.2 Å². The zero-order chi connectivity index (χ0) is 14.9. The quantitative estimate of drug-likeness (QED) is 0.817. The number of rotatable bonds is 3. The predicted octanol–water partition coefficient (Wildman–Crippen LogP) is 1.27. The van der Waals surface area contributed by atoms with Crippen LogP contribution in [0.15, 0.2) is 0 Å². The summed E-state index contributed by atoms with van der Waals surface area (Å²) in [5, 5.41) is 12.3. The molecular weight excluding hydrogens is 258 g/mol. The van der Waals surface area contributed by atoms with Gasteiger partial charge in [-0.2, -0.15) is 0 Å². The summed E-state index contributed by atoms with van der Waals surface area (Å²) >= 11 is 0. The number of carbonyl (C=O) groups excluding carboxylic acids is 1. The van der Waals surface area contributed by atoms with Gasteiger partial charge >= 0.3 is 5.97 Å². The number of amides is 1. The molecule has 1 saturated heterocycles. The maximum absolute atomic E-state index is 12.4. The first-order chi connectivity index (χ1) is 9.19. The molecule has 1 heterocycles. The molecule has 5 atom stereocenters. The predicted molar refractivity (Wildman–Crippen MR) is 72.0 cm³/mol. The lowest BCUT2D eigenvalue weighted by Crippen LogP contribution is -2.67. The van der Waals surface area contributed by atoms with Gasteiger partial charge in [0.25, 0.3) is 0 Å². The van der Waals surface area contributed by atoms with Gasteiger partial charge in [-0.3, -0.25) is 9.59 Å². The van der Waals surface area contributed by atoms with Gasteiger partial charge in [0.05, 0.1) is 17.9 Å². The van der Waals surface area contributed by atoms with Crippen LogP contribution in [0, 0.1) is 28.6 Å². The number of aliphatic carboxylic acids is 1. The highest BCUT2D eigenvalue weighted by Crippen LogP contribution is 2.59. The maximum atomic E-state index is 12.4. The van der Waals surface area contributed by atoms with Crippen LogP contribution in [-0.4, -0.2) is 35.7 Å². The Labute approximate surface area is 119 Å². The Morgan fingerprint density at radius 1 is 1.15 bits per heavy atom. The lowest BCUT2D eigenvalue weighted by atomic mass is 9.57. The van der Waals surface area contributed by atoms with E-state index in [1.54, 1.807) is 0 Å². The monoisotopic (exact) mass is 281 g/mol. The number of hydrogen-bond acceptors (Lipinski definition) is 3. The highest BCUT2D eigenvalue weighted by Gasteiger charge is 2.67. The molecule has 0 bridgehead atoms. The minimum atomic E-state index is -0.870. The van der Waals surface area contributed by atoms with Crippen LogP contribution in [0.1, 0.15) is 34.1 Å². The Morgan fingerprint density at radius 2 is 1.80 bits per heavy atom. The summed E-state index contributed by atoms with van der Waals surface area (Å²) in [7, 11) is 0. The molecule has 20 heavy (non-hydrogen) atoms. The molecule has 0 spiro atoms. The largest absolute Gasteiger partial charge is 0.481 e. The third-order valence-electron chi connectivity index (χ3n) is 5.77. The Balaban J connectivity index is 1.68. The molecule has 1 aliphatic heterocycles. The molecule has 0 aromatic rings. The molecule has 112 valence electrons. The standard InChI is InChI=1S/C15H23NO4/c1-14(2)8(9(14)13(18)19)12(17)16-10-7-5-6-20-11(7)15(10,3)4/h7-11H,5-6H2,1-4H3,(H,16,17)(H,18,19)/t7?,8-,9+,10?,11?/m1/s1. The number of carboxylic acid groups (broad SMARTS) is 1. The highest BCUT2D eigenvalue weighted by atomic mass is 16.5. The lowest BCUT2D eigenvalue weighted by molar-refractivity contribution is -0.143. The van der Waals surface area contributed by atoms with Crippen LogP contribution in [0.25, 0.3) is 0 Å². The number of hydrogen-bond donors (Lipinski definition) is 2. The van der Waals surface area contributed by atoms with E-state index in [1.165, 1.54) is 0 Å². The second kappa shape index (κ2) is 3.97. The molecule has 2 aliphatic carbocycles. The fourth-order valence-electron chi connectivity index (χ4n) is 4.45. The van der Waals surface area contributed by atoms with Crippen LogP contribution in [0.2, 0.25) is 0 Å². The average molecular weight is 281 g/mol. The topological polar surface area (TPSA) is 75.6 Å². The van der Waals surface area contributed by atoms with E-state index in [-0.39, 0.29) is 23.5 Å². The van der Waals surface area contributed by atoms with Crippen molar-refractivity contribution >= 4 is 11.9 Å². The van der Waals surface area contributed by atoms with Crippen molar-refractivity contribution in [2.75, 3.05) is 6.61 Å². The molecule has 3 fully saturated rings. The van der Waals surface area contributed by atoms with E-state index in [0.717, 1.165) is 13.0 Å². The van der Waals surface area contributed by atoms with Gasteiger partial charge in [-0.05, 0) is 11.8 Å². The molecule has 3 aliphatic rings. The first-order valence-electron chi connectivity index (χ1n) is 7.34. The fraction of sp³-hybridized carbons (Fsp3) is 0.867. The fourth-order valence-corrected chi connectivity index (χ4v) is 4.45. The normalized spacial score (nSPS) is 43.3. The third kappa shape index (κ3) is 1.65. The summed E-state index contributed by atoms with van der Waals surface area (Å²) < 4.78 is 5.71. The zero-order valence-corrected chi connectivity index (χ0v) is 12.5. The van der Waals surface area contributed by atoms with Crippen LogP contribution in [0.3, 0.4) is 0 Å². The Morgan fingerprint density at radius 3 is 2.35 bits per heavy atom. The van der Waals surface area contributed by atoms with Crippen molar-refractivity contribution in [2.45, 2.75) is 46.3 Å². The Kier molecular flexibility index (Phi) is 2.75. The summed E-state index contributed by atoms with van der Waals surface area (Å²) in [6.45, 7) is 8.68. The number of fused-ring (bicyclic) bond motifs is 1. The number of carboxylic acids is 1. The van der Waals surface area contributed by atoms with Gasteiger partial charge in [-0.15, -0.1) is 0 Å². The van der Waals surface area contributed by atoms with E-state index >= 15 is 0 Å². The van der Waals surface area contributed by atoms with E-state index in [9.17, 15) is 9.59 Å². The molecule has 0 aromatic carbocycles. The summed E-state index contributed by atoms with van der Waals surface area (Å²) in [4.78, 5) is 23.6. The van der Waals surface area contributed by atoms with Crippen molar-refractivity contribution in [2.24, 2.45) is 28.6 Å². The van der Waals surface area contributed by atoms with Gasteiger partial charge in [0.1, 0.15) is 0 Å². The molecule has 5 nitrogen and oxygen atoms in total. The molecule has 3 rings (SSSR count). The van der Waals surface area contributed by atoms with Crippen molar-refractivity contribution in [3.8, 4) is 0 Å². The summed E-state index contributed by atoms with van der Waals surface area (Å²) in [5.74, 6) is -1.55. The van der Waals surface area contributed by atoms with Crippen LogP contribution >= 0.6 is 0 Å². The van der Waals surface area contributed by atoms with Crippen LogP contribution < -0.4 is 5.32 Å². The number of ether oxygens (including phenoxy) is 1. The van der Waals surface area contributed by atoms with Crippen LogP contribution in [0.4, 0.5) is 0 Å². The highest BCUT2D eigenvalue weighted by molar-refractivity contribution is 5.91. The third-order valence-corrected chi connectivity index (χ3v) is 5.77. The molecule has 5 heteroatoms. The summed E-state index contributed by atoms with van der Waals surface area (Å²) in [6, 6.07) is 0.105. The van der Waals surface area contributed by atoms with Crippen molar-refractivity contribution < 1.29 is 19.4 Å². The van der Waals surface area contributed by atoms with Crippen LogP contribution in [0.5, 0.6) is 0 Å². The smallest absolute Gasteiger partial charge is 0.307 e. The maximum Gasteiger partial charge on any atom is 0.307 e. The van der Waals surface area contributed by atoms with Gasteiger partial charge in [0.15, 0.2) is 0 Å². The van der Waals surface area contributed by atoms with Crippen molar-refractivity contribution in [3.05, 3.63) is 0 Å². The molecule has 3 unspecified atom stereocenters. The van der Waals surface area contributed by atoms with E-state index in [4.69, 9.17) is 9.84 Å². The molecule has 0 aromatic heterocycles. The van der Waals surface area contributed by atoms with Crippen LogP contribution in [-0.2, 0) is 14.3 Å². The van der Waals surface area contributed by atoms with Crippen molar-refractivity contribution in [1.29, 1.82) is 0 Å². The average Bonchev–Trinajstić information content (AvgIpc) is 2.73. The molecule has 2 saturated carbocycles. The first kappa shape index (κ1) is 13.9. The van der Waals surface area contributed by atoms with Gasteiger partial charge in [0.2, 0.25) is 5.91 Å². The van der Waals surface area contributed by atoms with E-state index < -0.39 is 23.2 Å². The van der Waals surface area contributed by atoms with E-state index in [0.29, 0.717) is 5.92 Å². The van der Waals surface area contributed by atoms with Gasteiger partial charge in [-0.1, -0.05) is 27.7 Å². The molecule has 0 radical (unpaired) electrons. The Bertz CT molecular complexity index is 470. The minimum absolute atomic E-state index is 0.0609. The number of nitrogens with one attached hydrogen (secondary N) is 1. The van der Waals surface area contributed by atoms with Crippen molar-refractivity contribution in [3.63, 3.8) is 0 Å². The van der Waals surface area contributed by atoms with Gasteiger partial charge < -0.3 is 15.2 Å². The first-order valence-corrected chi connectivity index (χ1v) is 7.34. The van der Waals surface area contributed by atoms with Gasteiger partial charge in [0, 0.05) is 24.0 Å². The summed E-state index contributed by atoms with van der Waals surface area (Å²) in [6.07, 6.45) is 1.21. The number of carbonyl (C=O) groups is 2. The summed E-state index contributed by atoms with van der Waals surface area (Å²) in [5.41, 5.74) is -0.496. The van der Waals surface area contributed by atoms with Gasteiger partial charge in [-0.25, -0.2) is 0 Å². The second-order valence-electron chi connectivity index (χ2n) is 7.67. The SMILES string of the molecule is CC1(C)C(NC(=O)[C@H]2[C@@H](C(=O)O)C2(C)C)C2CCOC21. The van der Waals surface area contributed by atoms with Crippen molar-refractivity contribution in [1.82, 2.24) is 5.32 Å². The Hall–Kier alpha value is -1.10. The minimum Gasteiger partial charge on any atom is -0.481 e. The van der Waals surface area contributed by atoms with E-state index in [1.807, 2.05) is 13.8 Å². The molecular formula is C15H23NO4. The molecule has 1 amide bonds. The lowest BCUT2D eigenvalue weighted by Gasteiger charge is -2.54. The second-order valence-corrected chi connectivity index (χ2v) is 7.67. The zero-order valence-electron chi connectivity index (χ0n) is 12.5. The molecule has 2 N–H and O–H groups in total.